The minimum atomic E-state index is -0.315. The van der Waals surface area contributed by atoms with E-state index in [1.54, 1.807) is 30.3 Å². The largest absolute Gasteiger partial charge is 0.354 e. The number of hydrogen-bond acceptors (Lipinski definition) is 3. The zero-order valence-electron chi connectivity index (χ0n) is 18.8. The molecule has 4 rings (SSSR count). The highest BCUT2D eigenvalue weighted by Gasteiger charge is 2.36. The zero-order chi connectivity index (χ0) is 23.9. The Morgan fingerprint density at radius 2 is 1.79 bits per heavy atom. The predicted molar refractivity (Wildman–Crippen MR) is 130 cm³/mol. The number of amides is 1. The molecule has 0 saturated carbocycles. The standard InChI is InChI=1S/C27H28ClF2N3O/c28-22-6-3-4-20(14-22)17-33-18-24(32-16-19-8-10-23(29)11-9-19)15-26(33)27(34)31-13-12-21-5-1-2-7-25(21)30/h1-11,14,24,26,32H,12-13,15-18H2,(H,31,34)/t24-,26-/m0/s1. The van der Waals surface area contributed by atoms with E-state index < -0.39 is 0 Å². The van der Waals surface area contributed by atoms with E-state index in [-0.39, 0.29) is 29.6 Å². The number of benzene rings is 3. The molecule has 34 heavy (non-hydrogen) atoms. The van der Waals surface area contributed by atoms with Gasteiger partial charge >= 0.3 is 0 Å². The molecule has 1 amide bonds. The van der Waals surface area contributed by atoms with Gasteiger partial charge in [-0.3, -0.25) is 9.69 Å². The zero-order valence-corrected chi connectivity index (χ0v) is 19.6. The third-order valence-corrected chi connectivity index (χ3v) is 6.38. The fourth-order valence-electron chi connectivity index (χ4n) is 4.37. The lowest BCUT2D eigenvalue weighted by atomic mass is 10.1. The van der Waals surface area contributed by atoms with E-state index in [9.17, 15) is 13.6 Å². The summed E-state index contributed by atoms with van der Waals surface area (Å²) in [5.74, 6) is -0.584. The van der Waals surface area contributed by atoms with E-state index in [4.69, 9.17) is 11.6 Å². The molecule has 3 aromatic carbocycles. The fraction of sp³-hybridized carbons (Fsp3) is 0.296. The number of carbonyl (C=O) groups is 1. The second kappa shape index (κ2) is 11.6. The van der Waals surface area contributed by atoms with Crippen LogP contribution in [0.1, 0.15) is 23.1 Å². The highest BCUT2D eigenvalue weighted by Crippen LogP contribution is 2.23. The van der Waals surface area contributed by atoms with Gasteiger partial charge in [0, 0.05) is 37.2 Å². The van der Waals surface area contributed by atoms with E-state index >= 15 is 0 Å². The van der Waals surface area contributed by atoms with Gasteiger partial charge in [-0.25, -0.2) is 8.78 Å². The molecular weight excluding hydrogens is 456 g/mol. The second-order valence-electron chi connectivity index (χ2n) is 8.65. The first-order chi connectivity index (χ1) is 16.5. The van der Waals surface area contributed by atoms with Crippen LogP contribution >= 0.6 is 11.6 Å². The lowest BCUT2D eigenvalue weighted by Gasteiger charge is -2.23. The molecule has 0 aromatic heterocycles. The number of carbonyl (C=O) groups excluding carboxylic acids is 1. The van der Waals surface area contributed by atoms with Gasteiger partial charge in [-0.1, -0.05) is 54.1 Å². The molecule has 1 aliphatic rings. The average molecular weight is 484 g/mol. The lowest BCUT2D eigenvalue weighted by Crippen LogP contribution is -2.43. The quantitative estimate of drug-likeness (QED) is 0.463. The third kappa shape index (κ3) is 6.63. The molecular formula is C27H28ClF2N3O. The Hall–Kier alpha value is -2.80. The predicted octanol–water partition coefficient (Wildman–Crippen LogP) is 4.71. The number of nitrogens with zero attached hydrogens (tertiary/aromatic N) is 1. The van der Waals surface area contributed by atoms with Crippen LogP contribution < -0.4 is 10.6 Å². The SMILES string of the molecule is O=C(NCCc1ccccc1F)[C@@H]1C[C@H](NCc2ccc(F)cc2)CN1Cc1cccc(Cl)c1. The molecule has 2 N–H and O–H groups in total. The molecule has 1 heterocycles. The van der Waals surface area contributed by atoms with Gasteiger partial charge in [0.15, 0.2) is 0 Å². The molecule has 0 unspecified atom stereocenters. The highest BCUT2D eigenvalue weighted by molar-refractivity contribution is 6.30. The van der Waals surface area contributed by atoms with Crippen LogP contribution in [0, 0.1) is 11.6 Å². The Bertz CT molecular complexity index is 1110. The number of halogens is 3. The summed E-state index contributed by atoms with van der Waals surface area (Å²) >= 11 is 6.16. The molecule has 1 fully saturated rings. The number of likely N-dealkylation sites (tertiary alicyclic amines) is 1. The summed E-state index contributed by atoms with van der Waals surface area (Å²) in [5.41, 5.74) is 2.61. The van der Waals surface area contributed by atoms with Crippen molar-refractivity contribution in [1.29, 1.82) is 0 Å². The summed E-state index contributed by atoms with van der Waals surface area (Å²) in [4.78, 5) is 15.2. The van der Waals surface area contributed by atoms with Crippen molar-refractivity contribution in [2.75, 3.05) is 13.1 Å². The molecule has 0 aliphatic carbocycles. The minimum absolute atomic E-state index is 0.0653. The number of nitrogens with one attached hydrogen (secondary N) is 2. The van der Waals surface area contributed by atoms with Crippen LogP contribution in [0.15, 0.2) is 72.8 Å². The lowest BCUT2D eigenvalue weighted by molar-refractivity contribution is -0.125. The molecule has 4 nitrogen and oxygen atoms in total. The van der Waals surface area contributed by atoms with Gasteiger partial charge in [-0.15, -0.1) is 0 Å². The van der Waals surface area contributed by atoms with Crippen molar-refractivity contribution in [2.45, 2.75) is 38.0 Å². The smallest absolute Gasteiger partial charge is 0.237 e. The van der Waals surface area contributed by atoms with Crippen LogP contribution in [-0.2, 0) is 24.3 Å². The summed E-state index contributed by atoms with van der Waals surface area (Å²) in [6.45, 7) is 2.26. The van der Waals surface area contributed by atoms with Crippen molar-refractivity contribution >= 4 is 17.5 Å². The van der Waals surface area contributed by atoms with Crippen LogP contribution in [0.5, 0.6) is 0 Å². The average Bonchev–Trinajstić information content (AvgIpc) is 3.22. The Labute approximate surface area is 203 Å². The Kier molecular flexibility index (Phi) is 8.27. The fourth-order valence-corrected chi connectivity index (χ4v) is 4.59. The molecule has 1 aliphatic heterocycles. The maximum absolute atomic E-state index is 13.9. The Morgan fingerprint density at radius 1 is 1.00 bits per heavy atom. The first-order valence-corrected chi connectivity index (χ1v) is 11.8. The summed E-state index contributed by atoms with van der Waals surface area (Å²) in [7, 11) is 0. The second-order valence-corrected chi connectivity index (χ2v) is 9.08. The normalized spacial score (nSPS) is 18.2. The summed E-state index contributed by atoms with van der Waals surface area (Å²) in [5, 5.41) is 7.14. The first kappa shape index (κ1) is 24.3. The minimum Gasteiger partial charge on any atom is -0.354 e. The van der Waals surface area contributed by atoms with E-state index in [0.717, 1.165) is 11.1 Å². The number of rotatable bonds is 9. The molecule has 7 heteroatoms. The molecule has 0 radical (unpaired) electrons. The van der Waals surface area contributed by atoms with Gasteiger partial charge in [0.05, 0.1) is 6.04 Å². The molecule has 178 valence electrons. The first-order valence-electron chi connectivity index (χ1n) is 11.5. The summed E-state index contributed by atoms with van der Waals surface area (Å²) < 4.78 is 27.1. The van der Waals surface area contributed by atoms with Gasteiger partial charge in [0.1, 0.15) is 11.6 Å². The van der Waals surface area contributed by atoms with Crippen LogP contribution in [0.2, 0.25) is 5.02 Å². The van der Waals surface area contributed by atoms with Crippen LogP contribution in [-0.4, -0.2) is 36.0 Å². The van der Waals surface area contributed by atoms with E-state index in [1.165, 1.54) is 18.2 Å². The monoisotopic (exact) mass is 483 g/mol. The summed E-state index contributed by atoms with van der Waals surface area (Å²) in [6, 6.07) is 20.5. The molecule has 3 aromatic rings. The summed E-state index contributed by atoms with van der Waals surface area (Å²) in [6.07, 6.45) is 1.08. The highest BCUT2D eigenvalue weighted by atomic mass is 35.5. The van der Waals surface area contributed by atoms with Gasteiger partial charge in [-0.05, 0) is 59.9 Å². The van der Waals surface area contributed by atoms with Gasteiger partial charge in [0.25, 0.3) is 0 Å². The Balaban J connectivity index is 1.38. The van der Waals surface area contributed by atoms with Crippen molar-refractivity contribution < 1.29 is 13.6 Å². The number of hydrogen-bond donors (Lipinski definition) is 2. The van der Waals surface area contributed by atoms with E-state index in [2.05, 4.69) is 15.5 Å². The van der Waals surface area contributed by atoms with Gasteiger partial charge in [-0.2, -0.15) is 0 Å². The van der Waals surface area contributed by atoms with Gasteiger partial charge < -0.3 is 10.6 Å². The molecule has 2 atom stereocenters. The van der Waals surface area contributed by atoms with Crippen LogP contribution in [0.4, 0.5) is 8.78 Å². The van der Waals surface area contributed by atoms with Crippen molar-refractivity contribution in [3.63, 3.8) is 0 Å². The Morgan fingerprint density at radius 3 is 2.56 bits per heavy atom. The van der Waals surface area contributed by atoms with Gasteiger partial charge in [0.2, 0.25) is 5.91 Å². The maximum Gasteiger partial charge on any atom is 0.237 e. The topological polar surface area (TPSA) is 44.4 Å². The van der Waals surface area contributed by atoms with Crippen molar-refractivity contribution in [1.82, 2.24) is 15.5 Å². The third-order valence-electron chi connectivity index (χ3n) is 6.14. The van der Waals surface area contributed by atoms with E-state index in [0.29, 0.717) is 49.6 Å². The maximum atomic E-state index is 13.9. The van der Waals surface area contributed by atoms with Crippen molar-refractivity contribution in [2.24, 2.45) is 0 Å². The van der Waals surface area contributed by atoms with Crippen LogP contribution in [0.25, 0.3) is 0 Å². The molecule has 1 saturated heterocycles. The van der Waals surface area contributed by atoms with E-state index in [1.807, 2.05) is 24.3 Å². The van der Waals surface area contributed by atoms with Crippen LogP contribution in [0.3, 0.4) is 0 Å². The molecule has 0 spiro atoms. The van der Waals surface area contributed by atoms with Crippen molar-refractivity contribution in [3.8, 4) is 0 Å². The molecule has 0 bridgehead atoms. The van der Waals surface area contributed by atoms with Crippen molar-refractivity contribution in [3.05, 3.63) is 106 Å².